The fourth-order valence-corrected chi connectivity index (χ4v) is 2.41. The summed E-state index contributed by atoms with van der Waals surface area (Å²) in [6.07, 6.45) is 1.69. The molecule has 0 amide bonds. The van der Waals surface area contributed by atoms with E-state index in [0.29, 0.717) is 22.4 Å². The van der Waals surface area contributed by atoms with Crippen LogP contribution in [0.4, 0.5) is 17.5 Å². The van der Waals surface area contributed by atoms with Crippen LogP contribution < -0.4 is 10.6 Å². The van der Waals surface area contributed by atoms with E-state index in [1.54, 1.807) is 6.20 Å². The summed E-state index contributed by atoms with van der Waals surface area (Å²) in [4.78, 5) is 8.82. The van der Waals surface area contributed by atoms with E-state index in [-0.39, 0.29) is 0 Å². The maximum Gasteiger partial charge on any atom is 0.226 e. The lowest BCUT2D eigenvalue weighted by molar-refractivity contribution is 1.07. The Morgan fingerprint density at radius 1 is 1.33 bits per heavy atom. The summed E-state index contributed by atoms with van der Waals surface area (Å²) in [6, 6.07) is 5.52. The fraction of sp³-hybridized carbons (Fsp3) is 0.154. The quantitative estimate of drug-likeness (QED) is 0.651. The molecule has 3 N–H and O–H groups in total. The van der Waals surface area contributed by atoms with Gasteiger partial charge in [0.25, 0.3) is 0 Å². The van der Waals surface area contributed by atoms with Gasteiger partial charge < -0.3 is 10.6 Å². The Labute approximate surface area is 134 Å². The molecule has 8 heteroatoms. The third-order valence-corrected chi connectivity index (χ3v) is 3.75. The van der Waals surface area contributed by atoms with Gasteiger partial charge in [-0.15, -0.1) is 0 Å². The molecule has 0 fully saturated rings. The van der Waals surface area contributed by atoms with Crippen molar-refractivity contribution in [1.82, 2.24) is 20.2 Å². The molecule has 3 aromatic rings. The molecular formula is C13H12BrClN6. The predicted octanol–water partition coefficient (Wildman–Crippen LogP) is 3.94. The highest BCUT2D eigenvalue weighted by molar-refractivity contribution is 9.10. The molecule has 0 radical (unpaired) electrons. The number of aromatic nitrogens is 4. The minimum Gasteiger partial charge on any atom is -0.354 e. The standard InChI is InChI=1S/C13H12BrClN6/c1-2-16-13-19-11(8-6-17-21-12(8)20-13)18-10-5-7(15)3-4-9(10)14/h3-6H,2H2,1H3,(H3,16,17,18,19,20,21). The Morgan fingerprint density at radius 3 is 3.00 bits per heavy atom. The number of fused-ring (bicyclic) bond motifs is 1. The van der Waals surface area contributed by atoms with Crippen molar-refractivity contribution in [2.45, 2.75) is 6.92 Å². The van der Waals surface area contributed by atoms with Gasteiger partial charge in [0.1, 0.15) is 5.82 Å². The SMILES string of the molecule is CCNc1nc(Nc2cc(Cl)ccc2Br)c2cn[nH]c2n1. The van der Waals surface area contributed by atoms with E-state index < -0.39 is 0 Å². The van der Waals surface area contributed by atoms with Crippen LogP contribution in [0.1, 0.15) is 6.92 Å². The Kier molecular flexibility index (Phi) is 3.94. The number of benzene rings is 1. The van der Waals surface area contributed by atoms with Gasteiger partial charge in [-0.3, -0.25) is 5.10 Å². The van der Waals surface area contributed by atoms with E-state index in [4.69, 9.17) is 11.6 Å². The van der Waals surface area contributed by atoms with Gasteiger partial charge in [-0.2, -0.15) is 15.1 Å². The van der Waals surface area contributed by atoms with E-state index in [2.05, 4.69) is 46.7 Å². The normalized spacial score (nSPS) is 10.8. The van der Waals surface area contributed by atoms with E-state index >= 15 is 0 Å². The summed E-state index contributed by atoms with van der Waals surface area (Å²) in [5.74, 6) is 1.20. The molecule has 0 unspecified atom stereocenters. The molecule has 0 saturated heterocycles. The zero-order valence-electron chi connectivity index (χ0n) is 11.1. The Hall–Kier alpha value is -1.86. The second kappa shape index (κ2) is 5.87. The number of rotatable bonds is 4. The highest BCUT2D eigenvalue weighted by Crippen LogP contribution is 2.30. The topological polar surface area (TPSA) is 78.5 Å². The summed E-state index contributed by atoms with van der Waals surface area (Å²) in [7, 11) is 0. The summed E-state index contributed by atoms with van der Waals surface area (Å²) in [5, 5.41) is 14.7. The van der Waals surface area contributed by atoms with Gasteiger partial charge in [-0.05, 0) is 41.1 Å². The molecule has 6 nitrogen and oxygen atoms in total. The molecule has 0 aliphatic heterocycles. The Morgan fingerprint density at radius 2 is 2.19 bits per heavy atom. The van der Waals surface area contributed by atoms with Crippen LogP contribution in [0.15, 0.2) is 28.9 Å². The van der Waals surface area contributed by atoms with Gasteiger partial charge in [-0.1, -0.05) is 11.6 Å². The van der Waals surface area contributed by atoms with Crippen LogP contribution in [-0.2, 0) is 0 Å². The van der Waals surface area contributed by atoms with E-state index in [0.717, 1.165) is 22.1 Å². The van der Waals surface area contributed by atoms with Gasteiger partial charge in [-0.25, -0.2) is 0 Å². The molecule has 21 heavy (non-hydrogen) atoms. The number of anilines is 3. The summed E-state index contributed by atoms with van der Waals surface area (Å²) < 4.78 is 0.896. The zero-order chi connectivity index (χ0) is 14.8. The lowest BCUT2D eigenvalue weighted by Gasteiger charge is -2.10. The molecule has 1 aromatic carbocycles. The van der Waals surface area contributed by atoms with Crippen LogP contribution in [0.5, 0.6) is 0 Å². The summed E-state index contributed by atoms with van der Waals surface area (Å²) >= 11 is 9.53. The van der Waals surface area contributed by atoms with E-state index in [1.807, 2.05) is 25.1 Å². The van der Waals surface area contributed by atoms with Crippen LogP contribution in [-0.4, -0.2) is 26.7 Å². The van der Waals surface area contributed by atoms with Gasteiger partial charge in [0.15, 0.2) is 5.65 Å². The van der Waals surface area contributed by atoms with Crippen molar-refractivity contribution in [3.63, 3.8) is 0 Å². The average molecular weight is 368 g/mol. The van der Waals surface area contributed by atoms with Crippen LogP contribution in [0.25, 0.3) is 11.0 Å². The van der Waals surface area contributed by atoms with Gasteiger partial charge >= 0.3 is 0 Å². The lowest BCUT2D eigenvalue weighted by atomic mass is 10.3. The highest BCUT2D eigenvalue weighted by Gasteiger charge is 2.11. The molecular weight excluding hydrogens is 356 g/mol. The molecule has 3 rings (SSSR count). The second-order valence-corrected chi connectivity index (χ2v) is 5.60. The average Bonchev–Trinajstić information content (AvgIpc) is 2.92. The highest BCUT2D eigenvalue weighted by atomic mass is 79.9. The van der Waals surface area contributed by atoms with Crippen molar-refractivity contribution < 1.29 is 0 Å². The molecule has 2 aromatic heterocycles. The molecule has 0 atom stereocenters. The maximum atomic E-state index is 6.04. The van der Waals surface area contributed by atoms with Crippen LogP contribution in [0.3, 0.4) is 0 Å². The first-order valence-electron chi connectivity index (χ1n) is 6.34. The Balaban J connectivity index is 2.06. The van der Waals surface area contributed by atoms with Crippen molar-refractivity contribution in [2.75, 3.05) is 17.2 Å². The van der Waals surface area contributed by atoms with Crippen molar-refractivity contribution in [2.24, 2.45) is 0 Å². The predicted molar refractivity (Wildman–Crippen MR) is 88.3 cm³/mol. The van der Waals surface area contributed by atoms with Crippen molar-refractivity contribution in [1.29, 1.82) is 0 Å². The summed E-state index contributed by atoms with van der Waals surface area (Å²) in [5.41, 5.74) is 1.49. The number of H-pyrrole nitrogens is 1. The largest absolute Gasteiger partial charge is 0.354 e. The van der Waals surface area contributed by atoms with E-state index in [1.165, 1.54) is 0 Å². The van der Waals surface area contributed by atoms with E-state index in [9.17, 15) is 0 Å². The van der Waals surface area contributed by atoms with Gasteiger partial charge in [0, 0.05) is 16.0 Å². The fourth-order valence-electron chi connectivity index (χ4n) is 1.89. The van der Waals surface area contributed by atoms with Crippen LogP contribution in [0, 0.1) is 0 Å². The number of hydrogen-bond acceptors (Lipinski definition) is 5. The molecule has 0 aliphatic carbocycles. The molecule has 0 bridgehead atoms. The number of aromatic amines is 1. The number of hydrogen-bond donors (Lipinski definition) is 3. The summed E-state index contributed by atoms with van der Waals surface area (Å²) in [6.45, 7) is 2.72. The molecule has 2 heterocycles. The van der Waals surface area contributed by atoms with Crippen molar-refractivity contribution in [3.8, 4) is 0 Å². The van der Waals surface area contributed by atoms with Crippen molar-refractivity contribution in [3.05, 3.63) is 33.9 Å². The third kappa shape index (κ3) is 2.93. The maximum absolute atomic E-state index is 6.04. The monoisotopic (exact) mass is 366 g/mol. The van der Waals surface area contributed by atoms with Crippen LogP contribution in [0.2, 0.25) is 5.02 Å². The van der Waals surface area contributed by atoms with Gasteiger partial charge in [0.05, 0.1) is 17.3 Å². The Bertz CT molecular complexity index is 787. The minimum absolute atomic E-state index is 0.537. The first-order chi connectivity index (χ1) is 10.2. The first kappa shape index (κ1) is 14.1. The lowest BCUT2D eigenvalue weighted by Crippen LogP contribution is -2.05. The third-order valence-electron chi connectivity index (χ3n) is 2.83. The number of nitrogens with one attached hydrogen (secondary N) is 3. The van der Waals surface area contributed by atoms with Gasteiger partial charge in [0.2, 0.25) is 5.95 Å². The number of nitrogens with zero attached hydrogens (tertiary/aromatic N) is 3. The molecule has 0 saturated carbocycles. The molecule has 0 spiro atoms. The number of halogens is 2. The minimum atomic E-state index is 0.537. The zero-order valence-corrected chi connectivity index (χ0v) is 13.5. The van der Waals surface area contributed by atoms with Crippen molar-refractivity contribution >= 4 is 56.0 Å². The molecule has 0 aliphatic rings. The smallest absolute Gasteiger partial charge is 0.226 e. The van der Waals surface area contributed by atoms with Crippen LogP contribution >= 0.6 is 27.5 Å². The second-order valence-electron chi connectivity index (χ2n) is 4.31. The molecule has 108 valence electrons. The first-order valence-corrected chi connectivity index (χ1v) is 7.51.